The Balaban J connectivity index is 2.19. The van der Waals surface area contributed by atoms with E-state index in [1.54, 1.807) is 31.2 Å². The van der Waals surface area contributed by atoms with Crippen molar-refractivity contribution in [3.05, 3.63) is 47.3 Å². The maximum atomic E-state index is 12.2. The van der Waals surface area contributed by atoms with Crippen LogP contribution in [0.5, 0.6) is 0 Å². The molecule has 0 atom stereocenters. The molecule has 6 nitrogen and oxygen atoms in total. The summed E-state index contributed by atoms with van der Waals surface area (Å²) in [6.07, 6.45) is 2.32. The second kappa shape index (κ2) is 6.69. The number of aromatic amines is 1. The third-order valence-corrected chi connectivity index (χ3v) is 3.03. The van der Waals surface area contributed by atoms with Gasteiger partial charge in [0.1, 0.15) is 0 Å². The van der Waals surface area contributed by atoms with Crippen molar-refractivity contribution in [1.82, 2.24) is 15.5 Å². The van der Waals surface area contributed by atoms with Crippen LogP contribution in [0.25, 0.3) is 0 Å². The van der Waals surface area contributed by atoms with Gasteiger partial charge in [-0.1, -0.05) is 19.1 Å². The quantitative estimate of drug-likeness (QED) is 0.786. The Morgan fingerprint density at radius 3 is 2.62 bits per heavy atom. The zero-order valence-electron chi connectivity index (χ0n) is 12.1. The predicted octanol–water partition coefficient (Wildman–Crippen LogP) is 2.11. The Bertz CT molecular complexity index is 649. The number of aromatic nitrogens is 2. The summed E-state index contributed by atoms with van der Waals surface area (Å²) >= 11 is 0. The smallest absolute Gasteiger partial charge is 0.259 e. The number of anilines is 1. The molecule has 0 bridgehead atoms. The maximum Gasteiger partial charge on any atom is 0.259 e. The number of rotatable bonds is 5. The van der Waals surface area contributed by atoms with Crippen molar-refractivity contribution in [3.8, 4) is 0 Å². The second-order valence-electron chi connectivity index (χ2n) is 4.66. The summed E-state index contributed by atoms with van der Waals surface area (Å²) in [6, 6.07) is 6.92. The summed E-state index contributed by atoms with van der Waals surface area (Å²) < 4.78 is 0. The highest BCUT2D eigenvalue weighted by molar-refractivity contribution is 6.09. The highest BCUT2D eigenvalue weighted by Crippen LogP contribution is 2.16. The highest BCUT2D eigenvalue weighted by Gasteiger charge is 2.15. The largest absolute Gasteiger partial charge is 0.352 e. The van der Waals surface area contributed by atoms with Crippen molar-refractivity contribution >= 4 is 17.5 Å². The topological polar surface area (TPSA) is 86.9 Å². The molecule has 0 spiro atoms. The van der Waals surface area contributed by atoms with Gasteiger partial charge in [-0.25, -0.2) is 0 Å². The lowest BCUT2D eigenvalue weighted by Crippen LogP contribution is -2.25. The number of carbonyl (C=O) groups is 2. The molecule has 0 fully saturated rings. The minimum Gasteiger partial charge on any atom is -0.352 e. The van der Waals surface area contributed by atoms with Crippen LogP contribution in [0.1, 0.15) is 39.8 Å². The van der Waals surface area contributed by atoms with Gasteiger partial charge in [-0.3, -0.25) is 14.7 Å². The first-order chi connectivity index (χ1) is 10.1. The van der Waals surface area contributed by atoms with Crippen LogP contribution in [-0.2, 0) is 0 Å². The summed E-state index contributed by atoms with van der Waals surface area (Å²) in [4.78, 5) is 24.3. The van der Waals surface area contributed by atoms with E-state index in [0.717, 1.165) is 6.42 Å². The van der Waals surface area contributed by atoms with Crippen molar-refractivity contribution in [3.63, 3.8) is 0 Å². The number of carbonyl (C=O) groups excluding carboxylic acids is 2. The zero-order valence-corrected chi connectivity index (χ0v) is 12.1. The van der Waals surface area contributed by atoms with Gasteiger partial charge in [0.15, 0.2) is 0 Å². The van der Waals surface area contributed by atoms with Gasteiger partial charge in [-0.05, 0) is 25.5 Å². The van der Waals surface area contributed by atoms with E-state index in [1.165, 1.54) is 6.20 Å². The van der Waals surface area contributed by atoms with Crippen LogP contribution in [0.4, 0.5) is 5.69 Å². The summed E-state index contributed by atoms with van der Waals surface area (Å²) in [6.45, 7) is 4.35. The van der Waals surface area contributed by atoms with E-state index in [1.807, 2.05) is 6.92 Å². The van der Waals surface area contributed by atoms with E-state index < -0.39 is 0 Å². The molecule has 2 amide bonds. The molecular weight excluding hydrogens is 268 g/mol. The van der Waals surface area contributed by atoms with E-state index in [0.29, 0.717) is 29.1 Å². The minimum absolute atomic E-state index is 0.198. The first kappa shape index (κ1) is 14.8. The van der Waals surface area contributed by atoms with E-state index in [9.17, 15) is 9.59 Å². The molecule has 3 N–H and O–H groups in total. The molecule has 0 saturated heterocycles. The molecule has 0 radical (unpaired) electrons. The molecule has 2 rings (SSSR count). The number of para-hydroxylation sites is 1. The first-order valence-corrected chi connectivity index (χ1v) is 6.82. The SMILES string of the molecule is CCCNC(=O)c1ccccc1NC(=O)c1cn[nH]c1C. The fourth-order valence-electron chi connectivity index (χ4n) is 1.89. The van der Waals surface area contributed by atoms with Crippen molar-refractivity contribution in [2.75, 3.05) is 11.9 Å². The summed E-state index contributed by atoms with van der Waals surface area (Å²) in [7, 11) is 0. The summed E-state index contributed by atoms with van der Waals surface area (Å²) in [5.74, 6) is -0.492. The predicted molar refractivity (Wildman–Crippen MR) is 80.3 cm³/mol. The van der Waals surface area contributed by atoms with Crippen LogP contribution in [0.3, 0.4) is 0 Å². The molecule has 21 heavy (non-hydrogen) atoms. The Morgan fingerprint density at radius 1 is 1.19 bits per heavy atom. The third-order valence-electron chi connectivity index (χ3n) is 3.03. The average molecular weight is 286 g/mol. The number of H-pyrrole nitrogens is 1. The van der Waals surface area contributed by atoms with Gasteiger partial charge in [-0.2, -0.15) is 5.10 Å². The molecule has 0 saturated carbocycles. The lowest BCUT2D eigenvalue weighted by atomic mass is 10.1. The van der Waals surface area contributed by atoms with Gasteiger partial charge < -0.3 is 10.6 Å². The first-order valence-electron chi connectivity index (χ1n) is 6.82. The van der Waals surface area contributed by atoms with Gasteiger partial charge in [0.2, 0.25) is 0 Å². The van der Waals surface area contributed by atoms with E-state index in [2.05, 4.69) is 20.8 Å². The third kappa shape index (κ3) is 3.47. The molecular formula is C15H18N4O2. The van der Waals surface area contributed by atoms with Crippen molar-refractivity contribution in [1.29, 1.82) is 0 Å². The van der Waals surface area contributed by atoms with Gasteiger partial charge in [0.25, 0.3) is 11.8 Å². The average Bonchev–Trinajstić information content (AvgIpc) is 2.91. The van der Waals surface area contributed by atoms with Crippen molar-refractivity contribution in [2.45, 2.75) is 20.3 Å². The molecule has 0 unspecified atom stereocenters. The van der Waals surface area contributed by atoms with Crippen LogP contribution in [-0.4, -0.2) is 28.6 Å². The number of hydrogen-bond acceptors (Lipinski definition) is 3. The highest BCUT2D eigenvalue weighted by atomic mass is 16.2. The molecule has 1 aromatic carbocycles. The molecule has 0 aliphatic rings. The fourth-order valence-corrected chi connectivity index (χ4v) is 1.89. The minimum atomic E-state index is -0.294. The van der Waals surface area contributed by atoms with E-state index >= 15 is 0 Å². The number of nitrogens with one attached hydrogen (secondary N) is 3. The zero-order chi connectivity index (χ0) is 15.2. The number of nitrogens with zero attached hydrogens (tertiary/aromatic N) is 1. The van der Waals surface area contributed by atoms with E-state index in [-0.39, 0.29) is 11.8 Å². The number of benzene rings is 1. The number of aryl methyl sites for hydroxylation is 1. The van der Waals surface area contributed by atoms with Gasteiger partial charge >= 0.3 is 0 Å². The molecule has 0 aliphatic carbocycles. The Morgan fingerprint density at radius 2 is 1.95 bits per heavy atom. The van der Waals surface area contributed by atoms with Crippen LogP contribution >= 0.6 is 0 Å². The van der Waals surface area contributed by atoms with Gasteiger partial charge in [-0.15, -0.1) is 0 Å². The Hall–Kier alpha value is -2.63. The fraction of sp³-hybridized carbons (Fsp3) is 0.267. The number of hydrogen-bond donors (Lipinski definition) is 3. The Kier molecular flexibility index (Phi) is 4.71. The summed E-state index contributed by atoms with van der Waals surface area (Å²) in [5, 5.41) is 12.1. The molecule has 1 heterocycles. The number of amides is 2. The molecule has 0 aliphatic heterocycles. The lowest BCUT2D eigenvalue weighted by molar-refractivity contribution is 0.0954. The van der Waals surface area contributed by atoms with E-state index in [4.69, 9.17) is 0 Å². The van der Waals surface area contributed by atoms with Gasteiger partial charge in [0, 0.05) is 12.2 Å². The Labute approximate surface area is 122 Å². The van der Waals surface area contributed by atoms with Crippen LogP contribution in [0, 0.1) is 6.92 Å². The second-order valence-corrected chi connectivity index (χ2v) is 4.66. The van der Waals surface area contributed by atoms with Crippen LogP contribution in [0.15, 0.2) is 30.5 Å². The molecule has 6 heteroatoms. The normalized spacial score (nSPS) is 10.2. The monoisotopic (exact) mass is 286 g/mol. The maximum absolute atomic E-state index is 12.2. The van der Waals surface area contributed by atoms with Crippen molar-refractivity contribution < 1.29 is 9.59 Å². The molecule has 1 aromatic heterocycles. The lowest BCUT2D eigenvalue weighted by Gasteiger charge is -2.10. The standard InChI is InChI=1S/C15H18N4O2/c1-3-8-16-14(20)11-6-4-5-7-13(11)18-15(21)12-9-17-19-10(12)2/h4-7,9H,3,8H2,1-2H3,(H,16,20)(H,17,19)(H,18,21). The molecule has 110 valence electrons. The van der Waals surface area contributed by atoms with Gasteiger partial charge in [0.05, 0.1) is 23.0 Å². The van der Waals surface area contributed by atoms with Crippen molar-refractivity contribution in [2.24, 2.45) is 0 Å². The summed E-state index contributed by atoms with van der Waals surface area (Å²) in [5.41, 5.74) is 2.07. The van der Waals surface area contributed by atoms with Crippen LogP contribution < -0.4 is 10.6 Å². The van der Waals surface area contributed by atoms with Crippen LogP contribution in [0.2, 0.25) is 0 Å². The molecule has 2 aromatic rings.